The minimum Gasteiger partial charge on any atom is -0.351 e. The van der Waals surface area contributed by atoms with E-state index >= 15 is 0 Å². The molecule has 1 N–H and O–H groups in total. The predicted octanol–water partition coefficient (Wildman–Crippen LogP) is 3.43. The second kappa shape index (κ2) is 6.81. The molecule has 1 aliphatic rings. The zero-order valence-electron chi connectivity index (χ0n) is 13.4. The van der Waals surface area contributed by atoms with Crippen LogP contribution in [0.4, 0.5) is 4.39 Å². The average Bonchev–Trinajstić information content (AvgIpc) is 3.01. The van der Waals surface area contributed by atoms with Crippen molar-refractivity contribution < 1.29 is 9.18 Å². The minimum atomic E-state index is -0.230. The van der Waals surface area contributed by atoms with Crippen molar-refractivity contribution in [1.82, 2.24) is 10.2 Å². The first-order chi connectivity index (χ1) is 11.0. The Labute approximate surface area is 140 Å². The van der Waals surface area contributed by atoms with E-state index in [1.54, 1.807) is 24.3 Å². The maximum atomic E-state index is 13.5. The number of carbonyl (C=O) groups excluding carboxylic acids is 1. The zero-order chi connectivity index (χ0) is 16.4. The largest absolute Gasteiger partial charge is 0.351 e. The number of amides is 1. The number of thiophene rings is 1. The van der Waals surface area contributed by atoms with Crippen LogP contribution in [0.1, 0.15) is 34.5 Å². The molecule has 1 aromatic heterocycles. The second-order valence-corrected chi connectivity index (χ2v) is 7.06. The lowest BCUT2D eigenvalue weighted by atomic mass is 10.0. The lowest BCUT2D eigenvalue weighted by molar-refractivity contribution is -0.123. The van der Waals surface area contributed by atoms with Crippen LogP contribution in [0.15, 0.2) is 29.6 Å². The minimum absolute atomic E-state index is 0.0171. The van der Waals surface area contributed by atoms with Crippen molar-refractivity contribution in [1.29, 1.82) is 0 Å². The Morgan fingerprint density at radius 1 is 1.43 bits per heavy atom. The molecule has 0 aliphatic carbocycles. The molecule has 0 saturated heterocycles. The highest BCUT2D eigenvalue weighted by atomic mass is 32.1. The molecule has 1 atom stereocenters. The third kappa shape index (κ3) is 3.62. The molecule has 2 aromatic rings. The number of aryl methyl sites for hydroxylation is 1. The Bertz CT molecular complexity index is 713. The molecule has 1 amide bonds. The van der Waals surface area contributed by atoms with Crippen molar-refractivity contribution in [2.75, 3.05) is 13.1 Å². The van der Waals surface area contributed by atoms with Crippen LogP contribution < -0.4 is 5.32 Å². The van der Waals surface area contributed by atoms with Crippen LogP contribution in [0.3, 0.4) is 0 Å². The summed E-state index contributed by atoms with van der Waals surface area (Å²) in [5.74, 6) is -0.247. The third-order valence-electron chi connectivity index (χ3n) is 4.48. The van der Waals surface area contributed by atoms with E-state index in [2.05, 4.69) is 28.6 Å². The average molecular weight is 332 g/mol. The van der Waals surface area contributed by atoms with Crippen LogP contribution >= 0.6 is 11.3 Å². The summed E-state index contributed by atoms with van der Waals surface area (Å²) < 4.78 is 13.5. The van der Waals surface area contributed by atoms with Crippen molar-refractivity contribution in [2.45, 2.75) is 32.9 Å². The lowest BCUT2D eigenvalue weighted by Gasteiger charge is -2.32. The molecule has 0 bridgehead atoms. The third-order valence-corrected chi connectivity index (χ3v) is 5.47. The molecule has 0 radical (unpaired) electrons. The van der Waals surface area contributed by atoms with E-state index in [9.17, 15) is 9.18 Å². The summed E-state index contributed by atoms with van der Waals surface area (Å²) in [4.78, 5) is 15.8. The van der Waals surface area contributed by atoms with E-state index in [1.807, 2.05) is 6.07 Å². The Kier molecular flexibility index (Phi) is 4.78. The van der Waals surface area contributed by atoms with Gasteiger partial charge in [0.15, 0.2) is 0 Å². The molecule has 0 fully saturated rings. The van der Waals surface area contributed by atoms with Gasteiger partial charge in [0.2, 0.25) is 5.91 Å². The highest BCUT2D eigenvalue weighted by Crippen LogP contribution is 2.32. The van der Waals surface area contributed by atoms with Crippen LogP contribution in [-0.4, -0.2) is 23.9 Å². The molecule has 122 valence electrons. The van der Waals surface area contributed by atoms with E-state index in [1.165, 1.54) is 16.5 Å². The van der Waals surface area contributed by atoms with E-state index in [0.717, 1.165) is 18.5 Å². The van der Waals surface area contributed by atoms with Gasteiger partial charge in [-0.3, -0.25) is 9.69 Å². The summed E-state index contributed by atoms with van der Waals surface area (Å²) in [5, 5.41) is 5.01. The fourth-order valence-electron chi connectivity index (χ4n) is 2.96. The predicted molar refractivity (Wildman–Crippen MR) is 91.0 cm³/mol. The van der Waals surface area contributed by atoms with Gasteiger partial charge in [0.25, 0.3) is 0 Å². The topological polar surface area (TPSA) is 32.3 Å². The van der Waals surface area contributed by atoms with Crippen LogP contribution in [0.5, 0.6) is 0 Å². The van der Waals surface area contributed by atoms with Crippen molar-refractivity contribution in [3.05, 3.63) is 57.0 Å². The van der Waals surface area contributed by atoms with Gasteiger partial charge in [-0.2, -0.15) is 0 Å². The smallest absolute Gasteiger partial charge is 0.234 e. The Morgan fingerprint density at radius 3 is 3.04 bits per heavy atom. The summed E-state index contributed by atoms with van der Waals surface area (Å²) >= 11 is 1.80. The van der Waals surface area contributed by atoms with Crippen molar-refractivity contribution in [2.24, 2.45) is 0 Å². The molecule has 1 aromatic carbocycles. The number of nitrogens with zero attached hydrogens (tertiary/aromatic N) is 1. The molecule has 0 saturated carbocycles. The quantitative estimate of drug-likeness (QED) is 0.930. The summed E-state index contributed by atoms with van der Waals surface area (Å²) in [7, 11) is 0. The molecule has 2 heterocycles. The highest BCUT2D eigenvalue weighted by Gasteiger charge is 2.25. The molecule has 5 heteroatoms. The van der Waals surface area contributed by atoms with E-state index < -0.39 is 0 Å². The summed E-state index contributed by atoms with van der Waals surface area (Å²) in [6, 6.07) is 7.50. The molecule has 23 heavy (non-hydrogen) atoms. The summed E-state index contributed by atoms with van der Waals surface area (Å²) in [6.07, 6.45) is 1.01. The van der Waals surface area contributed by atoms with E-state index in [-0.39, 0.29) is 17.8 Å². The first-order valence-corrected chi connectivity index (χ1v) is 8.74. The maximum Gasteiger partial charge on any atom is 0.234 e. The Hall–Kier alpha value is -1.72. The van der Waals surface area contributed by atoms with Crippen molar-refractivity contribution in [3.8, 4) is 0 Å². The Balaban J connectivity index is 1.54. The zero-order valence-corrected chi connectivity index (χ0v) is 14.3. The number of nitrogens with one attached hydrogen (secondary N) is 1. The van der Waals surface area contributed by atoms with Crippen LogP contribution in [-0.2, 0) is 17.8 Å². The fourth-order valence-corrected chi connectivity index (χ4v) is 3.93. The molecule has 3 nitrogen and oxygen atoms in total. The van der Waals surface area contributed by atoms with Gasteiger partial charge >= 0.3 is 0 Å². The van der Waals surface area contributed by atoms with Crippen LogP contribution in [0.25, 0.3) is 0 Å². The SMILES string of the molecule is Cc1ccc(CNC(=O)CN2CCc3sccc3[C@@H]2C)cc1F. The number of carbonyl (C=O) groups is 1. The normalized spacial score (nSPS) is 17.8. The number of rotatable bonds is 4. The maximum absolute atomic E-state index is 13.5. The van der Waals surface area contributed by atoms with Gasteiger partial charge in [0.05, 0.1) is 6.54 Å². The number of hydrogen-bond acceptors (Lipinski definition) is 3. The molecule has 0 unspecified atom stereocenters. The first-order valence-electron chi connectivity index (χ1n) is 7.86. The number of hydrogen-bond donors (Lipinski definition) is 1. The van der Waals surface area contributed by atoms with Gasteiger partial charge in [0, 0.05) is 24.0 Å². The van der Waals surface area contributed by atoms with E-state index in [4.69, 9.17) is 0 Å². The van der Waals surface area contributed by atoms with Gasteiger partial charge in [-0.25, -0.2) is 4.39 Å². The molecular formula is C18H21FN2OS. The Morgan fingerprint density at radius 2 is 2.26 bits per heavy atom. The van der Waals surface area contributed by atoms with Crippen LogP contribution in [0, 0.1) is 12.7 Å². The molecule has 1 aliphatic heterocycles. The lowest BCUT2D eigenvalue weighted by Crippen LogP contribution is -2.41. The molecule has 0 spiro atoms. The van der Waals surface area contributed by atoms with Crippen molar-refractivity contribution in [3.63, 3.8) is 0 Å². The standard InChI is InChI=1S/C18H21FN2OS/c1-12-3-4-14(9-16(12)19)10-20-18(22)11-21-7-5-17-15(13(21)2)6-8-23-17/h3-4,6,8-9,13H,5,7,10-11H2,1-2H3,(H,20,22)/t13-/m0/s1. The molecular weight excluding hydrogens is 311 g/mol. The number of fused-ring (bicyclic) bond motifs is 1. The van der Waals surface area contributed by atoms with Gasteiger partial charge < -0.3 is 5.32 Å². The molecule has 3 rings (SSSR count). The number of halogens is 1. The van der Waals surface area contributed by atoms with E-state index in [0.29, 0.717) is 18.7 Å². The second-order valence-electron chi connectivity index (χ2n) is 6.06. The van der Waals surface area contributed by atoms with Gasteiger partial charge in [-0.1, -0.05) is 12.1 Å². The summed E-state index contributed by atoms with van der Waals surface area (Å²) in [5.41, 5.74) is 2.75. The van der Waals surface area contributed by atoms with Gasteiger partial charge in [-0.05, 0) is 54.5 Å². The monoisotopic (exact) mass is 332 g/mol. The highest BCUT2D eigenvalue weighted by molar-refractivity contribution is 7.10. The first kappa shape index (κ1) is 16.1. The van der Waals surface area contributed by atoms with Crippen molar-refractivity contribution >= 4 is 17.2 Å². The number of benzene rings is 1. The van der Waals surface area contributed by atoms with Gasteiger partial charge in [0.1, 0.15) is 5.82 Å². The van der Waals surface area contributed by atoms with Crippen LogP contribution in [0.2, 0.25) is 0 Å². The fraction of sp³-hybridized carbons (Fsp3) is 0.389. The van der Waals surface area contributed by atoms with Gasteiger partial charge in [-0.15, -0.1) is 11.3 Å². The summed E-state index contributed by atoms with van der Waals surface area (Å²) in [6.45, 7) is 5.52.